The fourth-order valence-electron chi connectivity index (χ4n) is 2.86. The third-order valence-electron chi connectivity index (χ3n) is 3.73. The van der Waals surface area contributed by atoms with Crippen molar-refractivity contribution in [1.29, 1.82) is 0 Å². The van der Waals surface area contributed by atoms with Crippen LogP contribution in [0.3, 0.4) is 0 Å². The summed E-state index contributed by atoms with van der Waals surface area (Å²) < 4.78 is 5.08. The molecule has 0 saturated heterocycles. The molecule has 1 aliphatic rings. The average Bonchev–Trinajstić information content (AvgIpc) is 3.05. The Hall–Kier alpha value is -1.14. The number of rotatable bonds is 7. The molecule has 1 aliphatic carbocycles. The number of aromatic carboxylic acids is 1. The van der Waals surface area contributed by atoms with Gasteiger partial charge in [0.1, 0.15) is 4.88 Å². The van der Waals surface area contributed by atoms with Crippen LogP contribution in [0.4, 0.5) is 5.13 Å². The molecular formula is C15H24N2O3S. The molecule has 0 atom stereocenters. The predicted octanol–water partition coefficient (Wildman–Crippen LogP) is 3.39. The van der Waals surface area contributed by atoms with E-state index in [0.717, 1.165) is 11.7 Å². The van der Waals surface area contributed by atoms with Crippen LogP contribution in [0, 0.1) is 5.92 Å². The molecule has 118 valence electrons. The van der Waals surface area contributed by atoms with Gasteiger partial charge in [-0.15, -0.1) is 0 Å². The highest BCUT2D eigenvalue weighted by molar-refractivity contribution is 7.17. The van der Waals surface area contributed by atoms with E-state index in [2.05, 4.69) is 23.7 Å². The third kappa shape index (κ3) is 3.95. The van der Waals surface area contributed by atoms with Gasteiger partial charge in [0, 0.05) is 19.7 Å². The molecule has 2 rings (SSSR count). The fraction of sp³-hybridized carbons (Fsp3) is 0.733. The highest BCUT2D eigenvalue weighted by Crippen LogP contribution is 2.33. The zero-order chi connectivity index (χ0) is 15.4. The average molecular weight is 312 g/mol. The van der Waals surface area contributed by atoms with E-state index in [9.17, 15) is 9.90 Å². The molecule has 0 spiro atoms. The van der Waals surface area contributed by atoms with Crippen molar-refractivity contribution < 1.29 is 14.6 Å². The van der Waals surface area contributed by atoms with E-state index in [0.29, 0.717) is 22.5 Å². The van der Waals surface area contributed by atoms with Crippen LogP contribution < -0.4 is 4.90 Å². The van der Waals surface area contributed by atoms with Crippen LogP contribution in [0.2, 0.25) is 0 Å². The second kappa shape index (κ2) is 7.22. The maximum atomic E-state index is 11.4. The number of hydrogen-bond acceptors (Lipinski definition) is 5. The van der Waals surface area contributed by atoms with Crippen molar-refractivity contribution in [2.75, 3.05) is 18.6 Å². The maximum Gasteiger partial charge on any atom is 0.347 e. The third-order valence-corrected chi connectivity index (χ3v) is 4.86. The summed E-state index contributed by atoms with van der Waals surface area (Å²) in [6.45, 7) is 5.54. The summed E-state index contributed by atoms with van der Waals surface area (Å²) in [4.78, 5) is 18.5. The summed E-state index contributed by atoms with van der Waals surface area (Å²) in [6, 6.07) is 0.496. The molecule has 1 heterocycles. The molecule has 0 aliphatic heterocycles. The van der Waals surface area contributed by atoms with Crippen molar-refractivity contribution >= 4 is 22.4 Å². The predicted molar refractivity (Wildman–Crippen MR) is 84.2 cm³/mol. The van der Waals surface area contributed by atoms with Crippen LogP contribution in [0.25, 0.3) is 0 Å². The lowest BCUT2D eigenvalue weighted by Crippen LogP contribution is -2.36. The molecule has 0 amide bonds. The number of nitrogens with zero attached hydrogens (tertiary/aromatic N) is 2. The Bertz CT molecular complexity index is 481. The number of thiazole rings is 1. The van der Waals surface area contributed by atoms with Gasteiger partial charge in [0.2, 0.25) is 0 Å². The normalized spacial score (nSPS) is 15.8. The number of hydrogen-bond donors (Lipinski definition) is 1. The number of methoxy groups -OCH3 is 1. The van der Waals surface area contributed by atoms with Crippen LogP contribution in [0.1, 0.15) is 54.9 Å². The van der Waals surface area contributed by atoms with E-state index < -0.39 is 5.97 Å². The highest BCUT2D eigenvalue weighted by atomic mass is 32.1. The molecule has 5 nitrogen and oxygen atoms in total. The van der Waals surface area contributed by atoms with Gasteiger partial charge < -0.3 is 14.7 Å². The molecule has 0 aromatic carbocycles. The van der Waals surface area contributed by atoms with Crippen molar-refractivity contribution in [3.05, 3.63) is 10.6 Å². The van der Waals surface area contributed by atoms with Crippen LogP contribution in [0.5, 0.6) is 0 Å². The molecule has 1 N–H and O–H groups in total. The monoisotopic (exact) mass is 312 g/mol. The summed E-state index contributed by atoms with van der Waals surface area (Å²) >= 11 is 1.28. The van der Waals surface area contributed by atoms with E-state index in [1.54, 1.807) is 7.11 Å². The summed E-state index contributed by atoms with van der Waals surface area (Å²) in [7, 11) is 1.56. The van der Waals surface area contributed by atoms with Crippen LogP contribution in [0.15, 0.2) is 0 Å². The number of aromatic nitrogens is 1. The quantitative estimate of drug-likeness (QED) is 0.836. The van der Waals surface area contributed by atoms with E-state index in [4.69, 9.17) is 4.74 Å². The second-order valence-electron chi connectivity index (χ2n) is 5.99. The first kappa shape index (κ1) is 16.2. The Morgan fingerprint density at radius 2 is 2.14 bits per heavy atom. The summed E-state index contributed by atoms with van der Waals surface area (Å²) in [6.07, 6.45) is 4.85. The van der Waals surface area contributed by atoms with Gasteiger partial charge in [0.15, 0.2) is 5.13 Å². The molecule has 0 radical (unpaired) electrons. The minimum absolute atomic E-state index is 0.248. The highest BCUT2D eigenvalue weighted by Gasteiger charge is 2.28. The lowest BCUT2D eigenvalue weighted by Gasteiger charge is -2.30. The van der Waals surface area contributed by atoms with E-state index >= 15 is 0 Å². The van der Waals surface area contributed by atoms with Crippen LogP contribution in [-0.2, 0) is 11.3 Å². The Morgan fingerprint density at radius 1 is 1.48 bits per heavy atom. The first-order chi connectivity index (χ1) is 10.0. The molecule has 1 fully saturated rings. The van der Waals surface area contributed by atoms with Crippen LogP contribution in [-0.4, -0.2) is 35.8 Å². The van der Waals surface area contributed by atoms with Gasteiger partial charge in [0.25, 0.3) is 0 Å². The summed E-state index contributed by atoms with van der Waals surface area (Å²) in [5.41, 5.74) is 0.539. The van der Waals surface area contributed by atoms with E-state index in [1.807, 2.05) is 0 Å². The lowest BCUT2D eigenvalue weighted by molar-refractivity contribution is 0.0697. The number of carboxylic acid groups (broad SMARTS) is 1. The van der Waals surface area contributed by atoms with Crippen molar-refractivity contribution in [2.24, 2.45) is 5.92 Å². The number of ether oxygens (including phenoxy) is 1. The van der Waals surface area contributed by atoms with Gasteiger partial charge >= 0.3 is 5.97 Å². The SMILES string of the molecule is COCc1nc(N(CC(C)C)C2CCCC2)sc1C(=O)O. The van der Waals surface area contributed by atoms with E-state index in [1.165, 1.54) is 37.0 Å². The minimum Gasteiger partial charge on any atom is -0.477 e. The minimum atomic E-state index is -0.915. The Morgan fingerprint density at radius 3 is 2.67 bits per heavy atom. The van der Waals surface area contributed by atoms with Crippen LogP contribution >= 0.6 is 11.3 Å². The Kier molecular flexibility index (Phi) is 5.58. The largest absolute Gasteiger partial charge is 0.477 e. The molecule has 0 unspecified atom stereocenters. The van der Waals surface area contributed by atoms with E-state index in [-0.39, 0.29) is 6.61 Å². The lowest BCUT2D eigenvalue weighted by atomic mass is 10.1. The Balaban J connectivity index is 2.29. The maximum absolute atomic E-state index is 11.4. The zero-order valence-electron chi connectivity index (χ0n) is 13.0. The zero-order valence-corrected chi connectivity index (χ0v) is 13.8. The van der Waals surface area contributed by atoms with Gasteiger partial charge in [-0.2, -0.15) is 0 Å². The summed E-state index contributed by atoms with van der Waals surface area (Å²) in [5.74, 6) is -0.393. The van der Waals surface area contributed by atoms with Gasteiger partial charge in [-0.25, -0.2) is 9.78 Å². The number of anilines is 1. The second-order valence-corrected chi connectivity index (χ2v) is 6.97. The Labute approximate surface area is 129 Å². The fourth-order valence-corrected chi connectivity index (χ4v) is 3.85. The first-order valence-corrected chi connectivity index (χ1v) is 8.33. The summed E-state index contributed by atoms with van der Waals surface area (Å²) in [5, 5.41) is 10.2. The molecule has 1 saturated carbocycles. The number of carbonyl (C=O) groups is 1. The van der Waals surface area contributed by atoms with Crippen molar-refractivity contribution in [3.8, 4) is 0 Å². The molecular weight excluding hydrogens is 288 g/mol. The molecule has 1 aromatic heterocycles. The van der Waals surface area contributed by atoms with Crippen molar-refractivity contribution in [1.82, 2.24) is 4.98 Å². The molecule has 0 bridgehead atoms. The van der Waals surface area contributed by atoms with Crippen molar-refractivity contribution in [3.63, 3.8) is 0 Å². The molecule has 1 aromatic rings. The van der Waals surface area contributed by atoms with Gasteiger partial charge in [-0.1, -0.05) is 38.0 Å². The smallest absolute Gasteiger partial charge is 0.347 e. The van der Waals surface area contributed by atoms with Gasteiger partial charge in [-0.05, 0) is 18.8 Å². The van der Waals surface area contributed by atoms with Gasteiger partial charge in [0.05, 0.1) is 12.3 Å². The van der Waals surface area contributed by atoms with Gasteiger partial charge in [-0.3, -0.25) is 0 Å². The topological polar surface area (TPSA) is 62.7 Å². The molecule has 6 heteroatoms. The molecule has 21 heavy (non-hydrogen) atoms. The number of carboxylic acids is 1. The standard InChI is InChI=1S/C15H24N2O3S/c1-10(2)8-17(11-6-4-5-7-11)15-16-12(9-20-3)13(21-15)14(18)19/h10-11H,4-9H2,1-3H3,(H,18,19). The first-order valence-electron chi connectivity index (χ1n) is 7.51. The van der Waals surface area contributed by atoms with Crippen molar-refractivity contribution in [2.45, 2.75) is 52.2 Å².